The number of nitrogens with zero attached hydrogens (tertiary/aromatic N) is 1. The molecule has 0 aliphatic rings. The molecule has 1 amide bonds. The summed E-state index contributed by atoms with van der Waals surface area (Å²) < 4.78 is 0. The van der Waals surface area contributed by atoms with Crippen molar-refractivity contribution in [3.63, 3.8) is 0 Å². The third-order valence-electron chi connectivity index (χ3n) is 13.3. The normalized spacial score (nSPS) is 12.2. The van der Waals surface area contributed by atoms with Gasteiger partial charge in [-0.05, 0) is 148 Å². The van der Waals surface area contributed by atoms with Crippen molar-refractivity contribution in [2.45, 2.75) is 182 Å². The van der Waals surface area contributed by atoms with Gasteiger partial charge in [-0.1, -0.05) is 193 Å². The van der Waals surface area contributed by atoms with Crippen LogP contribution >= 0.6 is 36.2 Å². The molecule has 0 saturated carbocycles. The molecule has 0 bridgehead atoms. The lowest BCUT2D eigenvalue weighted by Gasteiger charge is -2.26. The van der Waals surface area contributed by atoms with Gasteiger partial charge in [-0.15, -0.1) is 23.5 Å². The summed E-state index contributed by atoms with van der Waals surface area (Å²) in [7, 11) is 0. The maximum absolute atomic E-state index is 10.7. The molecule has 5 aromatic rings. The van der Waals surface area contributed by atoms with Gasteiger partial charge in [0.25, 0.3) is 0 Å². The Morgan fingerprint density at radius 2 is 1.13 bits per heavy atom. The van der Waals surface area contributed by atoms with Crippen LogP contribution in [-0.4, -0.2) is 47.7 Å². The van der Waals surface area contributed by atoms with Crippen LogP contribution in [-0.2, 0) is 30.7 Å². The molecule has 5 aromatic carbocycles. The van der Waals surface area contributed by atoms with Crippen molar-refractivity contribution in [1.82, 2.24) is 15.5 Å². The lowest BCUT2D eigenvalue weighted by atomic mass is 9.90. The molecular weight excluding hydrogens is 923 g/mol. The minimum atomic E-state index is 0.168. The minimum Gasteiger partial charge on any atom is -0.389 e. The molecule has 0 heterocycles. The van der Waals surface area contributed by atoms with Crippen molar-refractivity contribution in [2.24, 2.45) is 17.3 Å². The Kier molecular flexibility index (Phi) is 31.2. The van der Waals surface area contributed by atoms with Gasteiger partial charge in [0.05, 0.1) is 0 Å². The van der Waals surface area contributed by atoms with E-state index in [2.05, 4.69) is 194 Å². The standard InChI is InChI=1S/C41H56N2S2.C14H22S.C9H19NO/c1-7-34-35-18-10-12-20-37(35)39(38-21-13-11-19-36(34)38)29-43(25-16-8-15-24-42-32(3)27-41(4,5)6)28-33-17-9-14-22-40(33)45-26-23-31(2)30-44;1-4-12(3)10-11-15-14-9-7-6-8-13(14)5-2;1-3-5-6-7-8-10-9(11)4-2/h9-14,17-22,31,42,44H,3,7-8,15-16,23-30H2,1-2,4-6H3;6-9,12H,4-5,10-11H2,1-3H3;3-8H2,1-2H3,(H,10,11). The number of rotatable bonds is 30. The number of aryl methyl sites for hydroxylation is 2. The maximum atomic E-state index is 10.7. The van der Waals surface area contributed by atoms with E-state index in [0.717, 1.165) is 81.5 Å². The third-order valence-corrected chi connectivity index (χ3v) is 16.2. The van der Waals surface area contributed by atoms with Crippen LogP contribution in [0.5, 0.6) is 0 Å². The summed E-state index contributed by atoms with van der Waals surface area (Å²) in [6.07, 6.45) is 16.1. The molecule has 0 aliphatic carbocycles. The minimum absolute atomic E-state index is 0.168. The molecule has 2 N–H and O–H groups in total. The van der Waals surface area contributed by atoms with Crippen molar-refractivity contribution in [3.8, 4) is 0 Å². The summed E-state index contributed by atoms with van der Waals surface area (Å²) in [5.74, 6) is 5.03. The number of carbonyl (C=O) groups excluding carboxylic acids is 1. The molecule has 5 rings (SSSR count). The zero-order valence-electron chi connectivity index (χ0n) is 46.3. The Bertz CT molecular complexity index is 2190. The number of allylic oxidation sites excluding steroid dienone is 1. The van der Waals surface area contributed by atoms with Crippen LogP contribution in [0, 0.1) is 17.3 Å². The van der Waals surface area contributed by atoms with Crippen LogP contribution < -0.4 is 10.6 Å². The average Bonchev–Trinajstić information content (AvgIpc) is 3.37. The highest BCUT2D eigenvalue weighted by atomic mass is 32.2. The molecule has 0 radical (unpaired) electrons. The van der Waals surface area contributed by atoms with Gasteiger partial charge < -0.3 is 10.6 Å². The van der Waals surface area contributed by atoms with E-state index in [9.17, 15) is 4.79 Å². The first kappa shape index (κ1) is 61.9. The molecule has 0 spiro atoms. The van der Waals surface area contributed by atoms with E-state index in [1.165, 1.54) is 117 Å². The van der Waals surface area contributed by atoms with Crippen molar-refractivity contribution < 1.29 is 4.79 Å². The Hall–Kier alpha value is -3.36. The first-order valence-electron chi connectivity index (χ1n) is 27.6. The van der Waals surface area contributed by atoms with E-state index in [0.29, 0.717) is 12.3 Å². The highest BCUT2D eigenvalue weighted by molar-refractivity contribution is 7.99. The van der Waals surface area contributed by atoms with Gasteiger partial charge in [-0.2, -0.15) is 12.6 Å². The summed E-state index contributed by atoms with van der Waals surface area (Å²) in [5, 5.41) is 12.1. The number of hydrogen-bond acceptors (Lipinski definition) is 6. The highest BCUT2D eigenvalue weighted by Crippen LogP contribution is 2.35. The second-order valence-electron chi connectivity index (χ2n) is 20.8. The SMILES string of the molecule is C=C(CC(C)(C)C)NCCCCCN(Cc1ccccc1SCCC(C)CS)Cc1c2ccccc2c(CC)c2ccccc12.CCCCCCNC(=O)CC.CCc1ccccc1SCCC(C)CC. The third kappa shape index (κ3) is 24.0. The molecule has 0 aromatic heterocycles. The molecule has 4 nitrogen and oxygen atoms in total. The molecule has 2 atom stereocenters. The number of carbonyl (C=O) groups is 1. The zero-order chi connectivity index (χ0) is 51.9. The van der Waals surface area contributed by atoms with Gasteiger partial charge in [0, 0.05) is 48.1 Å². The summed E-state index contributed by atoms with van der Waals surface area (Å²) in [6, 6.07) is 36.0. The average molecular weight is 1020 g/mol. The fraction of sp³-hybridized carbons (Fsp3) is 0.547. The van der Waals surface area contributed by atoms with Crippen molar-refractivity contribution >= 4 is 63.6 Å². The summed E-state index contributed by atoms with van der Waals surface area (Å²) in [6.45, 7) is 31.4. The van der Waals surface area contributed by atoms with Crippen LogP contribution in [0.2, 0.25) is 0 Å². The molecular formula is C64H97N3OS3. The zero-order valence-corrected chi connectivity index (χ0v) is 48.8. The Balaban J connectivity index is 0.000000416. The van der Waals surface area contributed by atoms with Gasteiger partial charge in [0.2, 0.25) is 5.91 Å². The summed E-state index contributed by atoms with van der Waals surface area (Å²) in [5.41, 5.74) is 7.30. The molecule has 7 heteroatoms. The largest absolute Gasteiger partial charge is 0.389 e. The van der Waals surface area contributed by atoms with E-state index >= 15 is 0 Å². The Labute approximate surface area is 449 Å². The Morgan fingerprint density at radius 1 is 0.620 bits per heavy atom. The first-order valence-corrected chi connectivity index (χ1v) is 30.2. The van der Waals surface area contributed by atoms with Crippen LogP contribution in [0.15, 0.2) is 119 Å². The predicted octanol–water partition coefficient (Wildman–Crippen LogP) is 18.2. The summed E-state index contributed by atoms with van der Waals surface area (Å²) >= 11 is 8.54. The number of benzene rings is 5. The number of fused-ring (bicyclic) bond motifs is 2. The highest BCUT2D eigenvalue weighted by Gasteiger charge is 2.18. The number of thioether (sulfide) groups is 2. The van der Waals surface area contributed by atoms with Gasteiger partial charge in [0.1, 0.15) is 0 Å². The van der Waals surface area contributed by atoms with Crippen LogP contribution in [0.3, 0.4) is 0 Å². The van der Waals surface area contributed by atoms with E-state index in [-0.39, 0.29) is 11.3 Å². The van der Waals surface area contributed by atoms with Gasteiger partial charge in [-0.25, -0.2) is 0 Å². The van der Waals surface area contributed by atoms with E-state index in [1.807, 2.05) is 30.4 Å². The second kappa shape index (κ2) is 35.7. The Morgan fingerprint density at radius 3 is 1.65 bits per heavy atom. The molecule has 71 heavy (non-hydrogen) atoms. The van der Waals surface area contributed by atoms with E-state index in [1.54, 1.807) is 0 Å². The van der Waals surface area contributed by atoms with Gasteiger partial charge in [0.15, 0.2) is 0 Å². The number of thiol groups is 1. The molecule has 0 aliphatic heterocycles. The molecule has 392 valence electrons. The topological polar surface area (TPSA) is 44.4 Å². The maximum Gasteiger partial charge on any atom is 0.219 e. The fourth-order valence-corrected chi connectivity index (χ4v) is 11.5. The quantitative estimate of drug-likeness (QED) is 0.0185. The molecule has 2 unspecified atom stereocenters. The van der Waals surface area contributed by atoms with Crippen molar-refractivity contribution in [3.05, 3.63) is 132 Å². The number of amides is 1. The van der Waals surface area contributed by atoms with Crippen LogP contribution in [0.1, 0.15) is 169 Å². The lowest BCUT2D eigenvalue weighted by molar-refractivity contribution is -0.120. The molecule has 0 saturated heterocycles. The number of nitrogens with one attached hydrogen (secondary N) is 2. The van der Waals surface area contributed by atoms with E-state index in [4.69, 9.17) is 0 Å². The number of hydrogen-bond donors (Lipinski definition) is 3. The van der Waals surface area contributed by atoms with Crippen LogP contribution in [0.25, 0.3) is 21.5 Å². The van der Waals surface area contributed by atoms with Gasteiger partial charge in [-0.3, -0.25) is 9.69 Å². The molecule has 0 fully saturated rings. The van der Waals surface area contributed by atoms with Gasteiger partial charge >= 0.3 is 0 Å². The second-order valence-corrected chi connectivity index (χ2v) is 23.5. The monoisotopic (exact) mass is 1020 g/mol. The fourth-order valence-electron chi connectivity index (χ4n) is 8.80. The van der Waals surface area contributed by atoms with Crippen LogP contribution in [0.4, 0.5) is 0 Å². The van der Waals surface area contributed by atoms with E-state index < -0.39 is 0 Å². The summed E-state index contributed by atoms with van der Waals surface area (Å²) in [4.78, 5) is 16.3. The lowest BCUT2D eigenvalue weighted by Crippen LogP contribution is -2.25. The van der Waals surface area contributed by atoms with Crippen molar-refractivity contribution in [1.29, 1.82) is 0 Å². The predicted molar refractivity (Wildman–Crippen MR) is 323 cm³/mol. The van der Waals surface area contributed by atoms with Crippen molar-refractivity contribution in [2.75, 3.05) is 36.9 Å². The smallest absolute Gasteiger partial charge is 0.219 e. The number of unbranched alkanes of at least 4 members (excludes halogenated alkanes) is 5. The first-order chi connectivity index (χ1) is 34.3.